The van der Waals surface area contributed by atoms with Crippen LogP contribution in [0.25, 0.3) is 0 Å². The Bertz CT molecular complexity index is 540. The zero-order valence-electron chi connectivity index (χ0n) is 11.8. The summed E-state index contributed by atoms with van der Waals surface area (Å²) in [5.41, 5.74) is 0.365. The van der Waals surface area contributed by atoms with Crippen molar-refractivity contribution in [3.63, 3.8) is 0 Å². The summed E-state index contributed by atoms with van der Waals surface area (Å²) in [7, 11) is 2.51. The number of carbonyl (C=O) groups is 3. The number of hydrogen-bond donors (Lipinski definition) is 2. The molecule has 0 aliphatic heterocycles. The van der Waals surface area contributed by atoms with E-state index in [1.807, 2.05) is 0 Å². The van der Waals surface area contributed by atoms with E-state index in [4.69, 9.17) is 0 Å². The van der Waals surface area contributed by atoms with Crippen molar-refractivity contribution < 1.29 is 29.0 Å². The lowest BCUT2D eigenvalue weighted by Crippen LogP contribution is -2.12. The van der Waals surface area contributed by atoms with Gasteiger partial charge in [0.15, 0.2) is 0 Å². The van der Waals surface area contributed by atoms with Gasteiger partial charge in [-0.3, -0.25) is 9.59 Å². The van der Waals surface area contributed by atoms with Crippen LogP contribution in [0.1, 0.15) is 29.6 Å². The summed E-state index contributed by atoms with van der Waals surface area (Å²) in [6, 6.07) is 4.03. The molecule has 0 saturated heterocycles. The number of carbonyl (C=O) groups excluding carboxylic acids is 3. The van der Waals surface area contributed by atoms with Gasteiger partial charge in [0.1, 0.15) is 5.75 Å². The normalized spacial score (nSPS) is 9.81. The third-order valence-electron chi connectivity index (χ3n) is 2.71. The SMILES string of the molecule is COC(=O)CCCC(=O)Nc1ccc(C(=O)OC)cc1O. The first kappa shape index (κ1) is 16.5. The van der Waals surface area contributed by atoms with E-state index in [-0.39, 0.29) is 41.7 Å². The van der Waals surface area contributed by atoms with Gasteiger partial charge in [0.25, 0.3) is 0 Å². The van der Waals surface area contributed by atoms with Crippen molar-refractivity contribution in [2.45, 2.75) is 19.3 Å². The monoisotopic (exact) mass is 295 g/mol. The number of amides is 1. The minimum Gasteiger partial charge on any atom is -0.506 e. The third kappa shape index (κ3) is 5.13. The van der Waals surface area contributed by atoms with Crippen molar-refractivity contribution in [3.8, 4) is 5.75 Å². The molecule has 0 heterocycles. The van der Waals surface area contributed by atoms with Crippen molar-refractivity contribution in [1.29, 1.82) is 0 Å². The standard InChI is InChI=1S/C14H17NO6/c1-20-13(18)5-3-4-12(17)15-10-7-6-9(8-11(10)16)14(19)21-2/h6-8,16H,3-5H2,1-2H3,(H,15,17). The lowest BCUT2D eigenvalue weighted by atomic mass is 10.1. The lowest BCUT2D eigenvalue weighted by molar-refractivity contribution is -0.140. The van der Waals surface area contributed by atoms with Crippen LogP contribution in [0.3, 0.4) is 0 Å². The zero-order valence-corrected chi connectivity index (χ0v) is 11.8. The summed E-state index contributed by atoms with van der Waals surface area (Å²) in [5, 5.41) is 12.2. The fraction of sp³-hybridized carbons (Fsp3) is 0.357. The maximum atomic E-state index is 11.6. The van der Waals surface area contributed by atoms with Crippen molar-refractivity contribution in [2.24, 2.45) is 0 Å². The van der Waals surface area contributed by atoms with Crippen LogP contribution in [0.15, 0.2) is 18.2 Å². The quantitative estimate of drug-likeness (QED) is 0.608. The van der Waals surface area contributed by atoms with Crippen LogP contribution in [0.5, 0.6) is 5.75 Å². The Morgan fingerprint density at radius 1 is 1.14 bits per heavy atom. The first-order valence-corrected chi connectivity index (χ1v) is 6.26. The second-order valence-electron chi connectivity index (χ2n) is 4.20. The number of benzene rings is 1. The van der Waals surface area contributed by atoms with Gasteiger partial charge >= 0.3 is 11.9 Å². The largest absolute Gasteiger partial charge is 0.506 e. The van der Waals surface area contributed by atoms with Crippen LogP contribution in [0.4, 0.5) is 5.69 Å². The first-order chi connectivity index (χ1) is 9.97. The number of aromatic hydroxyl groups is 1. The molecule has 1 amide bonds. The van der Waals surface area contributed by atoms with Gasteiger partial charge in [0.2, 0.25) is 5.91 Å². The molecule has 0 aromatic heterocycles. The van der Waals surface area contributed by atoms with E-state index in [0.29, 0.717) is 6.42 Å². The molecule has 21 heavy (non-hydrogen) atoms. The summed E-state index contributed by atoms with van der Waals surface area (Å²) in [4.78, 5) is 33.8. The molecular formula is C14H17NO6. The molecule has 114 valence electrons. The predicted molar refractivity (Wildman–Crippen MR) is 73.9 cm³/mol. The molecule has 0 atom stereocenters. The maximum Gasteiger partial charge on any atom is 0.337 e. The summed E-state index contributed by atoms with van der Waals surface area (Å²) in [6.07, 6.45) is 0.615. The number of anilines is 1. The number of nitrogens with one attached hydrogen (secondary N) is 1. The van der Waals surface area contributed by atoms with Crippen molar-refractivity contribution in [2.75, 3.05) is 19.5 Å². The Labute approximate surface area is 121 Å². The van der Waals surface area contributed by atoms with E-state index in [9.17, 15) is 19.5 Å². The highest BCUT2D eigenvalue weighted by Crippen LogP contribution is 2.24. The number of ether oxygens (including phenoxy) is 2. The van der Waals surface area contributed by atoms with Gasteiger partial charge in [0.05, 0.1) is 25.5 Å². The van der Waals surface area contributed by atoms with E-state index in [1.54, 1.807) is 0 Å². The van der Waals surface area contributed by atoms with Crippen LogP contribution in [0, 0.1) is 0 Å². The zero-order chi connectivity index (χ0) is 15.8. The summed E-state index contributed by atoms with van der Waals surface area (Å²) < 4.78 is 8.98. The summed E-state index contributed by atoms with van der Waals surface area (Å²) in [6.45, 7) is 0. The van der Waals surface area contributed by atoms with Crippen LogP contribution in [-0.2, 0) is 19.1 Å². The Kier molecular flexibility index (Phi) is 6.19. The number of esters is 2. The second-order valence-corrected chi connectivity index (χ2v) is 4.20. The Balaban J connectivity index is 2.56. The molecular weight excluding hydrogens is 278 g/mol. The van der Waals surface area contributed by atoms with Crippen LogP contribution >= 0.6 is 0 Å². The lowest BCUT2D eigenvalue weighted by Gasteiger charge is -2.08. The molecule has 1 aromatic carbocycles. The van der Waals surface area contributed by atoms with E-state index in [1.165, 1.54) is 32.4 Å². The van der Waals surface area contributed by atoms with Crippen LogP contribution in [0.2, 0.25) is 0 Å². The second kappa shape index (κ2) is 7.88. The average molecular weight is 295 g/mol. The Morgan fingerprint density at radius 2 is 1.86 bits per heavy atom. The van der Waals surface area contributed by atoms with E-state index >= 15 is 0 Å². The molecule has 7 nitrogen and oxygen atoms in total. The molecule has 0 bridgehead atoms. The van der Waals surface area contributed by atoms with Gasteiger partial charge < -0.3 is 19.9 Å². The third-order valence-corrected chi connectivity index (χ3v) is 2.71. The van der Waals surface area contributed by atoms with E-state index < -0.39 is 5.97 Å². The highest BCUT2D eigenvalue weighted by molar-refractivity contribution is 5.95. The molecule has 0 aliphatic carbocycles. The molecule has 0 fully saturated rings. The van der Waals surface area contributed by atoms with E-state index in [2.05, 4.69) is 14.8 Å². The van der Waals surface area contributed by atoms with Gasteiger partial charge in [-0.2, -0.15) is 0 Å². The number of methoxy groups -OCH3 is 2. The molecule has 0 spiro atoms. The first-order valence-electron chi connectivity index (χ1n) is 6.26. The van der Waals surface area contributed by atoms with Gasteiger partial charge in [-0.1, -0.05) is 0 Å². The van der Waals surface area contributed by atoms with Crippen molar-refractivity contribution in [1.82, 2.24) is 0 Å². The molecule has 0 saturated carbocycles. The molecule has 1 rings (SSSR count). The Hall–Kier alpha value is -2.57. The van der Waals surface area contributed by atoms with Crippen LogP contribution < -0.4 is 5.32 Å². The molecule has 0 aliphatic rings. The maximum absolute atomic E-state index is 11.6. The molecule has 0 radical (unpaired) electrons. The van der Waals surface area contributed by atoms with Gasteiger partial charge in [-0.15, -0.1) is 0 Å². The number of hydrogen-bond acceptors (Lipinski definition) is 6. The molecule has 1 aromatic rings. The fourth-order valence-electron chi connectivity index (χ4n) is 1.59. The minimum atomic E-state index is -0.582. The molecule has 0 unspecified atom stereocenters. The smallest absolute Gasteiger partial charge is 0.337 e. The van der Waals surface area contributed by atoms with E-state index in [0.717, 1.165) is 0 Å². The summed E-state index contributed by atoms with van der Waals surface area (Å²) >= 11 is 0. The van der Waals surface area contributed by atoms with Crippen LogP contribution in [-0.4, -0.2) is 37.2 Å². The number of rotatable bonds is 6. The number of phenols is 1. The predicted octanol–water partition coefficient (Wildman–Crippen LogP) is 1.46. The highest BCUT2D eigenvalue weighted by atomic mass is 16.5. The van der Waals surface area contributed by atoms with Crippen molar-refractivity contribution in [3.05, 3.63) is 23.8 Å². The summed E-state index contributed by atoms with van der Waals surface area (Å²) in [5.74, 6) is -1.55. The van der Waals surface area contributed by atoms with Gasteiger partial charge in [0, 0.05) is 12.8 Å². The molecule has 7 heteroatoms. The number of phenolic OH excluding ortho intramolecular Hbond substituents is 1. The topological polar surface area (TPSA) is 102 Å². The Morgan fingerprint density at radius 3 is 2.43 bits per heavy atom. The molecule has 2 N–H and O–H groups in total. The minimum absolute atomic E-state index is 0.118. The fourth-order valence-corrected chi connectivity index (χ4v) is 1.59. The van der Waals surface area contributed by atoms with Gasteiger partial charge in [-0.05, 0) is 24.6 Å². The van der Waals surface area contributed by atoms with Crippen molar-refractivity contribution >= 4 is 23.5 Å². The van der Waals surface area contributed by atoms with Gasteiger partial charge in [-0.25, -0.2) is 4.79 Å². The average Bonchev–Trinajstić information content (AvgIpc) is 2.48. The highest BCUT2D eigenvalue weighted by Gasteiger charge is 2.11.